The molecule has 0 spiro atoms. The predicted octanol–water partition coefficient (Wildman–Crippen LogP) is 4.88. The molecule has 1 aromatic carbocycles. The lowest BCUT2D eigenvalue weighted by Gasteiger charge is -2.50. The molecule has 0 N–H and O–H groups in total. The summed E-state index contributed by atoms with van der Waals surface area (Å²) in [6.45, 7) is 3.98. The molecule has 156 valence electrons. The molecular weight excluding hydrogens is 365 g/mol. The van der Waals surface area contributed by atoms with Crippen LogP contribution in [0.25, 0.3) is 0 Å². The highest BCUT2D eigenvalue weighted by Gasteiger charge is 2.58. The molecule has 3 nitrogen and oxygen atoms in total. The number of fused-ring (bicyclic) bond motifs is 5. The number of hydrogen-bond acceptors (Lipinski definition) is 2. The van der Waals surface area contributed by atoms with Gasteiger partial charge in [0.25, 0.3) is 0 Å². The van der Waals surface area contributed by atoms with E-state index in [0.29, 0.717) is 42.3 Å². The van der Waals surface area contributed by atoms with Gasteiger partial charge in [-0.05, 0) is 85.8 Å². The van der Waals surface area contributed by atoms with Crippen LogP contribution in [0.3, 0.4) is 0 Å². The van der Waals surface area contributed by atoms with E-state index in [1.54, 1.807) is 6.07 Å². The van der Waals surface area contributed by atoms with Crippen LogP contribution in [-0.4, -0.2) is 29.7 Å². The smallest absolute Gasteiger partial charge is 0.222 e. The summed E-state index contributed by atoms with van der Waals surface area (Å²) in [7, 11) is 0. The molecule has 1 aromatic rings. The van der Waals surface area contributed by atoms with E-state index in [1.165, 1.54) is 5.56 Å². The molecule has 3 aliphatic carbocycles. The van der Waals surface area contributed by atoms with Gasteiger partial charge in [0.15, 0.2) is 0 Å². The molecule has 1 heterocycles. The topological polar surface area (TPSA) is 37.4 Å². The molecule has 5 rings (SSSR count). The highest BCUT2D eigenvalue weighted by Crippen LogP contribution is 2.62. The molecule has 4 heteroatoms. The van der Waals surface area contributed by atoms with Crippen molar-refractivity contribution in [1.82, 2.24) is 4.90 Å². The average molecular weight is 398 g/mol. The fraction of sp³-hybridized carbons (Fsp3) is 0.680. The lowest BCUT2D eigenvalue weighted by atomic mass is 9.54. The minimum absolute atomic E-state index is 0.0652. The van der Waals surface area contributed by atoms with Crippen molar-refractivity contribution in [2.45, 2.75) is 70.6 Å². The molecule has 4 aliphatic rings. The molecule has 0 radical (unpaired) electrons. The summed E-state index contributed by atoms with van der Waals surface area (Å²) >= 11 is 0. The van der Waals surface area contributed by atoms with E-state index in [1.807, 2.05) is 11.0 Å². The summed E-state index contributed by atoms with van der Waals surface area (Å²) in [4.78, 5) is 27.7. The monoisotopic (exact) mass is 397 g/mol. The number of nitrogens with zero attached hydrogens (tertiary/aromatic N) is 1. The molecule has 5 atom stereocenters. The van der Waals surface area contributed by atoms with Gasteiger partial charge in [-0.25, -0.2) is 4.39 Å². The molecule has 1 saturated heterocycles. The zero-order valence-electron chi connectivity index (χ0n) is 17.5. The standard InChI is InChI=1S/C25H32FNO2/c1-25-12-11-18-17-5-4-6-21(26)19(17)8-9-20(18)24(25)16(15-22(25)28)7-10-23(29)27-13-2-3-14-27/h4-6,16,18,20,24H,2-3,7-15H2,1H3/t16?,18?,20?,24?,25-/m1/s1. The number of Topliss-reactive ketones (excluding diaryl/α,β-unsaturated/α-hetero) is 1. The lowest BCUT2D eigenvalue weighted by Crippen LogP contribution is -2.44. The minimum Gasteiger partial charge on any atom is -0.343 e. The predicted molar refractivity (Wildman–Crippen MR) is 110 cm³/mol. The lowest BCUT2D eigenvalue weighted by molar-refractivity contribution is -0.130. The zero-order chi connectivity index (χ0) is 20.2. The van der Waals surface area contributed by atoms with Crippen LogP contribution in [0.5, 0.6) is 0 Å². The first-order valence-electron chi connectivity index (χ1n) is 11.6. The van der Waals surface area contributed by atoms with E-state index in [0.717, 1.165) is 63.6 Å². The number of carbonyl (C=O) groups excluding carboxylic acids is 2. The van der Waals surface area contributed by atoms with Crippen LogP contribution in [-0.2, 0) is 16.0 Å². The van der Waals surface area contributed by atoms with Crippen molar-refractivity contribution in [2.75, 3.05) is 13.1 Å². The Morgan fingerprint density at radius 3 is 2.83 bits per heavy atom. The second-order valence-electron chi connectivity index (χ2n) is 10.1. The Labute approximate surface area is 173 Å². The Morgan fingerprint density at radius 2 is 2.03 bits per heavy atom. The van der Waals surface area contributed by atoms with Crippen molar-refractivity contribution in [1.29, 1.82) is 0 Å². The second kappa shape index (κ2) is 7.21. The first-order chi connectivity index (χ1) is 14.0. The number of likely N-dealkylation sites (tertiary alicyclic amines) is 1. The van der Waals surface area contributed by atoms with E-state index >= 15 is 0 Å². The fourth-order valence-electron chi connectivity index (χ4n) is 7.33. The van der Waals surface area contributed by atoms with Gasteiger partial charge in [-0.2, -0.15) is 0 Å². The highest BCUT2D eigenvalue weighted by molar-refractivity contribution is 5.88. The fourth-order valence-corrected chi connectivity index (χ4v) is 7.33. The summed E-state index contributed by atoms with van der Waals surface area (Å²) in [5.41, 5.74) is 1.85. The van der Waals surface area contributed by atoms with Crippen LogP contribution in [0.15, 0.2) is 18.2 Å². The maximum Gasteiger partial charge on any atom is 0.222 e. The van der Waals surface area contributed by atoms with E-state index in [2.05, 4.69) is 13.0 Å². The van der Waals surface area contributed by atoms with Crippen molar-refractivity contribution < 1.29 is 14.0 Å². The summed E-state index contributed by atoms with van der Waals surface area (Å²) < 4.78 is 14.4. The maximum absolute atomic E-state index is 14.4. The summed E-state index contributed by atoms with van der Waals surface area (Å²) in [6, 6.07) is 5.54. The summed E-state index contributed by atoms with van der Waals surface area (Å²) in [6.07, 6.45) is 7.93. The Bertz CT molecular complexity index is 830. The third-order valence-corrected chi connectivity index (χ3v) is 8.75. The van der Waals surface area contributed by atoms with Gasteiger partial charge in [0, 0.05) is 31.3 Å². The Hall–Kier alpha value is -1.71. The quantitative estimate of drug-likeness (QED) is 0.729. The van der Waals surface area contributed by atoms with Gasteiger partial charge < -0.3 is 4.90 Å². The van der Waals surface area contributed by atoms with E-state index < -0.39 is 0 Å². The Balaban J connectivity index is 1.38. The number of halogens is 1. The molecule has 0 bridgehead atoms. The number of carbonyl (C=O) groups is 2. The number of amides is 1. The van der Waals surface area contributed by atoms with Crippen LogP contribution in [0, 0.1) is 29.0 Å². The van der Waals surface area contributed by atoms with Gasteiger partial charge in [0.05, 0.1) is 0 Å². The summed E-state index contributed by atoms with van der Waals surface area (Å²) in [5.74, 6) is 2.08. The average Bonchev–Trinajstić information content (AvgIpc) is 3.33. The van der Waals surface area contributed by atoms with Gasteiger partial charge in [-0.3, -0.25) is 9.59 Å². The van der Waals surface area contributed by atoms with E-state index in [-0.39, 0.29) is 17.1 Å². The minimum atomic E-state index is -0.243. The zero-order valence-corrected chi connectivity index (χ0v) is 17.5. The maximum atomic E-state index is 14.4. The van der Waals surface area contributed by atoms with Crippen LogP contribution < -0.4 is 0 Å². The molecule has 1 aliphatic heterocycles. The molecule has 1 amide bonds. The first kappa shape index (κ1) is 19.3. The van der Waals surface area contributed by atoms with Gasteiger partial charge in [0.1, 0.15) is 11.6 Å². The van der Waals surface area contributed by atoms with Gasteiger partial charge in [-0.1, -0.05) is 19.1 Å². The van der Waals surface area contributed by atoms with Crippen LogP contribution in [0.1, 0.15) is 75.3 Å². The van der Waals surface area contributed by atoms with E-state index in [9.17, 15) is 14.0 Å². The number of benzene rings is 1. The Morgan fingerprint density at radius 1 is 1.24 bits per heavy atom. The normalized spacial score (nSPS) is 35.9. The second-order valence-corrected chi connectivity index (χ2v) is 10.1. The molecular formula is C25H32FNO2. The van der Waals surface area contributed by atoms with Crippen LogP contribution in [0.4, 0.5) is 4.39 Å². The van der Waals surface area contributed by atoms with Crippen LogP contribution >= 0.6 is 0 Å². The molecule has 29 heavy (non-hydrogen) atoms. The third-order valence-electron chi connectivity index (χ3n) is 8.75. The van der Waals surface area contributed by atoms with Crippen molar-refractivity contribution in [3.63, 3.8) is 0 Å². The van der Waals surface area contributed by atoms with E-state index in [4.69, 9.17) is 0 Å². The molecule has 0 aromatic heterocycles. The van der Waals surface area contributed by atoms with Crippen LogP contribution in [0.2, 0.25) is 0 Å². The SMILES string of the molecule is C[C@]12CCC3c4cccc(F)c4CCC3C1C(CCC(=O)N1CCCC1)CC2=O. The third kappa shape index (κ3) is 3.05. The van der Waals surface area contributed by atoms with Gasteiger partial charge in [-0.15, -0.1) is 0 Å². The van der Waals surface area contributed by atoms with Crippen molar-refractivity contribution in [2.24, 2.45) is 23.2 Å². The van der Waals surface area contributed by atoms with Gasteiger partial charge >= 0.3 is 0 Å². The first-order valence-corrected chi connectivity index (χ1v) is 11.6. The molecule has 3 fully saturated rings. The van der Waals surface area contributed by atoms with Crippen molar-refractivity contribution >= 4 is 11.7 Å². The van der Waals surface area contributed by atoms with Crippen molar-refractivity contribution in [3.05, 3.63) is 35.1 Å². The molecule has 2 saturated carbocycles. The highest BCUT2D eigenvalue weighted by atomic mass is 19.1. The number of rotatable bonds is 3. The van der Waals surface area contributed by atoms with Gasteiger partial charge in [0.2, 0.25) is 5.91 Å². The largest absolute Gasteiger partial charge is 0.343 e. The Kier molecular flexibility index (Phi) is 4.79. The number of ketones is 1. The summed E-state index contributed by atoms with van der Waals surface area (Å²) in [5, 5.41) is 0. The molecule has 4 unspecified atom stereocenters. The van der Waals surface area contributed by atoms with Crippen molar-refractivity contribution in [3.8, 4) is 0 Å². The number of hydrogen-bond donors (Lipinski definition) is 0.